The summed E-state index contributed by atoms with van der Waals surface area (Å²) in [6, 6.07) is 10.3. The molecule has 1 aromatic heterocycles. The number of carbonyl (C=O) groups excluding carboxylic acids is 1. The van der Waals surface area contributed by atoms with Gasteiger partial charge in [-0.1, -0.05) is 12.1 Å². The summed E-state index contributed by atoms with van der Waals surface area (Å²) >= 11 is 0. The van der Waals surface area contributed by atoms with E-state index in [9.17, 15) is 14.9 Å². The van der Waals surface area contributed by atoms with Gasteiger partial charge in [-0.05, 0) is 46.7 Å². The van der Waals surface area contributed by atoms with Gasteiger partial charge in [0.25, 0.3) is 5.91 Å². The first-order valence-corrected chi connectivity index (χ1v) is 7.60. The summed E-state index contributed by atoms with van der Waals surface area (Å²) in [4.78, 5) is 26.4. The highest BCUT2D eigenvalue weighted by atomic mass is 16.6. The number of aromatic nitrogens is 1. The molecule has 2 aromatic rings. The third kappa shape index (κ3) is 4.90. The Kier molecular flexibility index (Phi) is 5.89. The molecule has 0 saturated heterocycles. The number of ether oxygens (including phenoxy) is 2. The highest BCUT2D eigenvalue weighted by molar-refractivity contribution is 5.80. The van der Waals surface area contributed by atoms with Crippen molar-refractivity contribution < 1.29 is 19.2 Å². The Morgan fingerprint density at radius 3 is 2.56 bits per heavy atom. The molecule has 0 spiro atoms. The van der Waals surface area contributed by atoms with Crippen molar-refractivity contribution >= 4 is 11.7 Å². The van der Waals surface area contributed by atoms with E-state index in [0.29, 0.717) is 12.2 Å². The van der Waals surface area contributed by atoms with Gasteiger partial charge in [0.15, 0.2) is 6.10 Å². The summed E-state index contributed by atoms with van der Waals surface area (Å²) in [5.41, 5.74) is 1.39. The zero-order valence-electron chi connectivity index (χ0n) is 14.2. The van der Waals surface area contributed by atoms with Crippen LogP contribution in [0, 0.1) is 17.0 Å². The summed E-state index contributed by atoms with van der Waals surface area (Å²) in [5, 5.41) is 13.8. The number of methoxy groups -OCH3 is 1. The summed E-state index contributed by atoms with van der Waals surface area (Å²) < 4.78 is 10.5. The van der Waals surface area contributed by atoms with Gasteiger partial charge in [-0.15, -0.1) is 0 Å². The number of hydrogen-bond acceptors (Lipinski definition) is 6. The van der Waals surface area contributed by atoms with Crippen molar-refractivity contribution in [2.45, 2.75) is 26.5 Å². The fourth-order valence-electron chi connectivity index (χ4n) is 2.07. The maximum Gasteiger partial charge on any atom is 0.406 e. The van der Waals surface area contributed by atoms with Gasteiger partial charge in [0.2, 0.25) is 5.75 Å². The van der Waals surface area contributed by atoms with Gasteiger partial charge in [0, 0.05) is 13.5 Å². The number of pyridine rings is 1. The molecule has 1 atom stereocenters. The van der Waals surface area contributed by atoms with Crippen LogP contribution in [0.2, 0.25) is 0 Å². The molecule has 0 radical (unpaired) electrons. The van der Waals surface area contributed by atoms with E-state index in [2.05, 4.69) is 10.3 Å². The molecule has 0 aliphatic rings. The molecule has 0 aliphatic heterocycles. The first-order chi connectivity index (χ1) is 11.9. The lowest BCUT2D eigenvalue weighted by molar-refractivity contribution is -0.390. The van der Waals surface area contributed by atoms with Crippen LogP contribution in [-0.4, -0.2) is 29.0 Å². The number of benzene rings is 1. The standard InChI is InChI=1S/C17H19N3O5/c1-11-4-9-15(16(19-11)20(22)23)25-12(2)17(21)18-10-13-5-7-14(24-3)8-6-13/h4-9,12H,10H2,1-3H3,(H,18,21). The maximum absolute atomic E-state index is 12.1. The molecular formula is C17H19N3O5. The Hall–Kier alpha value is -3.16. The van der Waals surface area contributed by atoms with E-state index in [0.717, 1.165) is 11.3 Å². The number of rotatable bonds is 7. The monoisotopic (exact) mass is 345 g/mol. The van der Waals surface area contributed by atoms with Gasteiger partial charge in [-0.2, -0.15) is 0 Å². The van der Waals surface area contributed by atoms with Crippen molar-refractivity contribution in [1.29, 1.82) is 0 Å². The molecule has 2 rings (SSSR count). The molecule has 1 aromatic carbocycles. The van der Waals surface area contributed by atoms with E-state index < -0.39 is 16.8 Å². The van der Waals surface area contributed by atoms with E-state index in [-0.39, 0.29) is 11.7 Å². The normalized spacial score (nSPS) is 11.5. The van der Waals surface area contributed by atoms with Gasteiger partial charge in [0.05, 0.1) is 7.11 Å². The van der Waals surface area contributed by atoms with Crippen molar-refractivity contribution in [1.82, 2.24) is 10.3 Å². The molecular weight excluding hydrogens is 326 g/mol. The van der Waals surface area contributed by atoms with Crippen LogP contribution >= 0.6 is 0 Å². The van der Waals surface area contributed by atoms with Crippen LogP contribution in [0.15, 0.2) is 36.4 Å². The van der Waals surface area contributed by atoms with E-state index >= 15 is 0 Å². The maximum atomic E-state index is 12.1. The molecule has 1 amide bonds. The minimum absolute atomic E-state index is 0.0392. The Bertz CT molecular complexity index is 761. The number of hydrogen-bond donors (Lipinski definition) is 1. The topological polar surface area (TPSA) is 104 Å². The lowest BCUT2D eigenvalue weighted by Gasteiger charge is -2.14. The molecule has 0 aliphatic carbocycles. The van der Waals surface area contributed by atoms with Crippen LogP contribution in [0.3, 0.4) is 0 Å². The summed E-state index contributed by atoms with van der Waals surface area (Å²) in [6.07, 6.45) is -0.901. The zero-order valence-corrected chi connectivity index (χ0v) is 14.2. The van der Waals surface area contributed by atoms with Crippen molar-refractivity contribution in [3.63, 3.8) is 0 Å². The van der Waals surface area contributed by atoms with E-state index in [1.807, 2.05) is 12.1 Å². The molecule has 132 valence electrons. The Morgan fingerprint density at radius 1 is 1.28 bits per heavy atom. The fourth-order valence-corrected chi connectivity index (χ4v) is 2.07. The number of nitro groups is 1. The summed E-state index contributed by atoms with van der Waals surface area (Å²) in [6.45, 7) is 3.47. The van der Waals surface area contributed by atoms with Gasteiger partial charge >= 0.3 is 5.82 Å². The van der Waals surface area contributed by atoms with Crippen LogP contribution < -0.4 is 14.8 Å². The number of carbonyl (C=O) groups is 1. The quantitative estimate of drug-likeness (QED) is 0.610. The van der Waals surface area contributed by atoms with Crippen molar-refractivity contribution in [2.75, 3.05) is 7.11 Å². The van der Waals surface area contributed by atoms with Gasteiger partial charge < -0.3 is 24.9 Å². The average Bonchev–Trinajstić information content (AvgIpc) is 2.61. The van der Waals surface area contributed by atoms with Crippen LogP contribution in [0.25, 0.3) is 0 Å². The number of amides is 1. The van der Waals surface area contributed by atoms with Crippen molar-refractivity contribution in [3.8, 4) is 11.5 Å². The first-order valence-electron chi connectivity index (χ1n) is 7.60. The van der Waals surface area contributed by atoms with E-state index in [4.69, 9.17) is 9.47 Å². The van der Waals surface area contributed by atoms with E-state index in [1.54, 1.807) is 32.2 Å². The minimum atomic E-state index is -0.901. The molecule has 0 fully saturated rings. The smallest absolute Gasteiger partial charge is 0.406 e. The highest BCUT2D eigenvalue weighted by Crippen LogP contribution is 2.25. The molecule has 8 heteroatoms. The molecule has 1 N–H and O–H groups in total. The second-order valence-electron chi connectivity index (χ2n) is 5.36. The average molecular weight is 345 g/mol. The van der Waals surface area contributed by atoms with Gasteiger partial charge in [0.1, 0.15) is 11.4 Å². The lowest BCUT2D eigenvalue weighted by Crippen LogP contribution is -2.36. The SMILES string of the molecule is COc1ccc(CNC(=O)C(C)Oc2ccc(C)nc2[N+](=O)[O-])cc1. The molecule has 0 bridgehead atoms. The zero-order chi connectivity index (χ0) is 18.4. The predicted molar refractivity (Wildman–Crippen MR) is 90.6 cm³/mol. The third-order valence-electron chi connectivity index (χ3n) is 3.45. The van der Waals surface area contributed by atoms with Crippen LogP contribution in [0.4, 0.5) is 5.82 Å². The Labute approximate surface area is 144 Å². The second-order valence-corrected chi connectivity index (χ2v) is 5.36. The van der Waals surface area contributed by atoms with Crippen LogP contribution in [0.1, 0.15) is 18.2 Å². The van der Waals surface area contributed by atoms with Gasteiger partial charge in [-0.25, -0.2) is 0 Å². The van der Waals surface area contributed by atoms with Crippen LogP contribution in [-0.2, 0) is 11.3 Å². The summed E-state index contributed by atoms with van der Waals surface area (Å²) in [7, 11) is 1.58. The highest BCUT2D eigenvalue weighted by Gasteiger charge is 2.22. The molecule has 0 saturated carbocycles. The molecule has 8 nitrogen and oxygen atoms in total. The fraction of sp³-hybridized carbons (Fsp3) is 0.294. The van der Waals surface area contributed by atoms with E-state index in [1.165, 1.54) is 13.0 Å². The second kappa shape index (κ2) is 8.09. The summed E-state index contributed by atoms with van der Waals surface area (Å²) in [5.74, 6) is -0.103. The largest absolute Gasteiger partial charge is 0.497 e. The number of nitrogens with one attached hydrogen (secondary N) is 1. The minimum Gasteiger partial charge on any atom is -0.497 e. The predicted octanol–water partition coefficient (Wildman–Crippen LogP) is 2.39. The molecule has 1 heterocycles. The lowest BCUT2D eigenvalue weighted by atomic mass is 10.2. The van der Waals surface area contributed by atoms with Crippen molar-refractivity contribution in [3.05, 3.63) is 57.8 Å². The third-order valence-corrected chi connectivity index (χ3v) is 3.45. The van der Waals surface area contributed by atoms with Gasteiger partial charge in [-0.3, -0.25) is 4.79 Å². The van der Waals surface area contributed by atoms with Crippen molar-refractivity contribution in [2.24, 2.45) is 0 Å². The first kappa shape index (κ1) is 18.2. The Balaban J connectivity index is 1.97. The van der Waals surface area contributed by atoms with Crippen LogP contribution in [0.5, 0.6) is 11.5 Å². The Morgan fingerprint density at radius 2 is 1.96 bits per heavy atom. The molecule has 1 unspecified atom stereocenters. The number of aryl methyl sites for hydroxylation is 1. The molecule has 25 heavy (non-hydrogen) atoms. The number of nitrogens with zero attached hydrogens (tertiary/aromatic N) is 2.